The minimum absolute atomic E-state index is 0.0515. The van der Waals surface area contributed by atoms with Gasteiger partial charge < -0.3 is 19.4 Å². The van der Waals surface area contributed by atoms with Gasteiger partial charge in [0.15, 0.2) is 0 Å². The molecule has 0 radical (unpaired) electrons. The smallest absolute Gasteiger partial charge is 0.249 e. The van der Waals surface area contributed by atoms with E-state index in [1.165, 1.54) is 0 Å². The standard InChI is InChI=1S/C26H31N3O4/c1-27-14-15-29(25(31)19-33-17-16-28-13-5-8-24(28)30)23(26(27)32)18-20-9-11-22(12-10-20)21-6-3-2-4-7-21/h2-4,6-7,9-12,23H,5,8,13-19H2,1H3/t23-/m0/s1. The molecule has 2 fully saturated rings. The molecule has 0 spiro atoms. The second-order valence-corrected chi connectivity index (χ2v) is 8.67. The Bertz CT molecular complexity index is 977. The van der Waals surface area contributed by atoms with Gasteiger partial charge in [-0.1, -0.05) is 54.6 Å². The first-order chi connectivity index (χ1) is 16.0. The molecule has 0 bridgehead atoms. The van der Waals surface area contributed by atoms with Crippen LogP contribution in [0.1, 0.15) is 18.4 Å². The number of hydrogen-bond acceptors (Lipinski definition) is 4. The molecule has 7 nitrogen and oxygen atoms in total. The predicted molar refractivity (Wildman–Crippen MR) is 125 cm³/mol. The molecule has 2 aliphatic heterocycles. The van der Waals surface area contributed by atoms with E-state index in [9.17, 15) is 14.4 Å². The van der Waals surface area contributed by atoms with Crippen LogP contribution in [0.2, 0.25) is 0 Å². The SMILES string of the molecule is CN1CCN(C(=O)COCCN2CCCC2=O)[C@@H](Cc2ccc(-c3ccccc3)cc2)C1=O. The lowest BCUT2D eigenvalue weighted by Crippen LogP contribution is -2.59. The molecule has 0 N–H and O–H groups in total. The van der Waals surface area contributed by atoms with Gasteiger partial charge in [0, 0.05) is 46.1 Å². The van der Waals surface area contributed by atoms with E-state index < -0.39 is 6.04 Å². The maximum atomic E-state index is 12.9. The Morgan fingerprint density at radius 3 is 2.39 bits per heavy atom. The van der Waals surface area contributed by atoms with Crippen molar-refractivity contribution in [1.82, 2.24) is 14.7 Å². The summed E-state index contributed by atoms with van der Waals surface area (Å²) in [5.74, 6) is -0.0903. The molecule has 0 aromatic heterocycles. The fourth-order valence-corrected chi connectivity index (χ4v) is 4.45. The number of hydrogen-bond donors (Lipinski definition) is 0. The number of nitrogens with zero attached hydrogens (tertiary/aromatic N) is 3. The molecule has 0 saturated carbocycles. The highest BCUT2D eigenvalue weighted by Crippen LogP contribution is 2.22. The second-order valence-electron chi connectivity index (χ2n) is 8.67. The van der Waals surface area contributed by atoms with Crippen molar-refractivity contribution in [2.45, 2.75) is 25.3 Å². The molecule has 2 heterocycles. The van der Waals surface area contributed by atoms with Crippen LogP contribution in [0.3, 0.4) is 0 Å². The Hall–Kier alpha value is -3.19. The summed E-state index contributed by atoms with van der Waals surface area (Å²) in [5.41, 5.74) is 3.26. The van der Waals surface area contributed by atoms with Crippen LogP contribution in [0.4, 0.5) is 0 Å². The van der Waals surface area contributed by atoms with Crippen LogP contribution in [0.25, 0.3) is 11.1 Å². The Labute approximate surface area is 194 Å². The average Bonchev–Trinajstić information content (AvgIpc) is 3.25. The summed E-state index contributed by atoms with van der Waals surface area (Å²) in [6.07, 6.45) is 1.94. The molecular weight excluding hydrogens is 418 g/mol. The van der Waals surface area contributed by atoms with E-state index in [2.05, 4.69) is 24.3 Å². The van der Waals surface area contributed by atoms with Crippen molar-refractivity contribution in [1.29, 1.82) is 0 Å². The molecule has 1 atom stereocenters. The van der Waals surface area contributed by atoms with Crippen LogP contribution in [0.5, 0.6) is 0 Å². The van der Waals surface area contributed by atoms with Gasteiger partial charge in [0.25, 0.3) is 0 Å². The van der Waals surface area contributed by atoms with Crippen molar-refractivity contribution in [2.24, 2.45) is 0 Å². The molecule has 2 aromatic rings. The lowest BCUT2D eigenvalue weighted by atomic mass is 9.98. The molecule has 33 heavy (non-hydrogen) atoms. The maximum Gasteiger partial charge on any atom is 0.249 e. The second kappa shape index (κ2) is 10.6. The molecule has 2 saturated heterocycles. The minimum atomic E-state index is -0.539. The van der Waals surface area contributed by atoms with E-state index in [1.807, 2.05) is 30.3 Å². The summed E-state index contributed by atoms with van der Waals surface area (Å²) in [5, 5.41) is 0. The van der Waals surface area contributed by atoms with Crippen LogP contribution >= 0.6 is 0 Å². The largest absolute Gasteiger partial charge is 0.370 e. The topological polar surface area (TPSA) is 70.2 Å². The summed E-state index contributed by atoms with van der Waals surface area (Å²) >= 11 is 0. The highest BCUT2D eigenvalue weighted by molar-refractivity contribution is 5.89. The zero-order valence-electron chi connectivity index (χ0n) is 19.1. The lowest BCUT2D eigenvalue weighted by molar-refractivity contribution is -0.152. The molecule has 7 heteroatoms. The fraction of sp³-hybridized carbons (Fsp3) is 0.423. The Balaban J connectivity index is 1.36. The van der Waals surface area contributed by atoms with Gasteiger partial charge in [0.1, 0.15) is 12.6 Å². The van der Waals surface area contributed by atoms with Crippen LogP contribution in [0, 0.1) is 0 Å². The number of carbonyl (C=O) groups excluding carboxylic acids is 3. The van der Waals surface area contributed by atoms with Crippen molar-refractivity contribution in [3.8, 4) is 11.1 Å². The maximum absolute atomic E-state index is 12.9. The third-order valence-corrected chi connectivity index (χ3v) is 6.43. The summed E-state index contributed by atoms with van der Waals surface area (Å²) in [6.45, 7) is 2.50. The van der Waals surface area contributed by atoms with Gasteiger partial charge in [-0.2, -0.15) is 0 Å². The summed E-state index contributed by atoms with van der Waals surface area (Å²) < 4.78 is 5.57. The third-order valence-electron chi connectivity index (χ3n) is 6.43. The molecule has 0 aliphatic carbocycles. The van der Waals surface area contributed by atoms with Gasteiger partial charge in [-0.3, -0.25) is 14.4 Å². The van der Waals surface area contributed by atoms with Gasteiger partial charge in [-0.05, 0) is 23.1 Å². The van der Waals surface area contributed by atoms with E-state index in [0.29, 0.717) is 39.1 Å². The van der Waals surface area contributed by atoms with E-state index in [4.69, 9.17) is 4.74 Å². The monoisotopic (exact) mass is 449 g/mol. The highest BCUT2D eigenvalue weighted by atomic mass is 16.5. The van der Waals surface area contributed by atoms with Gasteiger partial charge in [0.2, 0.25) is 17.7 Å². The number of likely N-dealkylation sites (N-methyl/N-ethyl adjacent to an activating group) is 1. The number of ether oxygens (including phenoxy) is 1. The van der Waals surface area contributed by atoms with E-state index in [1.54, 1.807) is 21.7 Å². The fourth-order valence-electron chi connectivity index (χ4n) is 4.45. The first-order valence-electron chi connectivity index (χ1n) is 11.6. The molecule has 3 amide bonds. The summed E-state index contributed by atoms with van der Waals surface area (Å²) in [4.78, 5) is 42.6. The van der Waals surface area contributed by atoms with Gasteiger partial charge in [-0.15, -0.1) is 0 Å². The normalized spacial score (nSPS) is 18.8. The van der Waals surface area contributed by atoms with E-state index in [-0.39, 0.29) is 24.3 Å². The van der Waals surface area contributed by atoms with Gasteiger partial charge in [0.05, 0.1) is 6.61 Å². The zero-order chi connectivity index (χ0) is 23.2. The van der Waals surface area contributed by atoms with Crippen molar-refractivity contribution in [2.75, 3.05) is 46.4 Å². The molecule has 2 aromatic carbocycles. The summed E-state index contributed by atoms with van der Waals surface area (Å²) in [6, 6.07) is 17.7. The van der Waals surface area contributed by atoms with Crippen molar-refractivity contribution >= 4 is 17.7 Å². The van der Waals surface area contributed by atoms with Crippen molar-refractivity contribution < 1.29 is 19.1 Å². The van der Waals surface area contributed by atoms with Gasteiger partial charge >= 0.3 is 0 Å². The number of likely N-dealkylation sites (tertiary alicyclic amines) is 1. The van der Waals surface area contributed by atoms with Crippen LogP contribution in [-0.4, -0.2) is 84.9 Å². The minimum Gasteiger partial charge on any atom is -0.370 e. The van der Waals surface area contributed by atoms with Crippen LogP contribution in [0.15, 0.2) is 54.6 Å². The van der Waals surface area contributed by atoms with Gasteiger partial charge in [-0.25, -0.2) is 0 Å². The van der Waals surface area contributed by atoms with Crippen molar-refractivity contribution in [3.05, 3.63) is 60.2 Å². The number of piperazine rings is 1. The molecule has 174 valence electrons. The average molecular weight is 450 g/mol. The Kier molecular flexibility index (Phi) is 7.40. The predicted octanol–water partition coefficient (Wildman–Crippen LogP) is 2.20. The third kappa shape index (κ3) is 5.60. The molecule has 2 aliphatic rings. The lowest BCUT2D eigenvalue weighted by Gasteiger charge is -2.39. The Morgan fingerprint density at radius 1 is 0.970 bits per heavy atom. The molecule has 0 unspecified atom stereocenters. The van der Waals surface area contributed by atoms with Crippen molar-refractivity contribution in [3.63, 3.8) is 0 Å². The van der Waals surface area contributed by atoms with Crippen LogP contribution in [-0.2, 0) is 25.5 Å². The molecular formula is C26H31N3O4. The first-order valence-corrected chi connectivity index (χ1v) is 11.6. The molecule has 4 rings (SSSR count). The Morgan fingerprint density at radius 2 is 1.70 bits per heavy atom. The summed E-state index contributed by atoms with van der Waals surface area (Å²) in [7, 11) is 1.78. The number of amides is 3. The van der Waals surface area contributed by atoms with E-state index in [0.717, 1.165) is 29.7 Å². The van der Waals surface area contributed by atoms with Crippen LogP contribution < -0.4 is 0 Å². The number of rotatable bonds is 8. The highest BCUT2D eigenvalue weighted by Gasteiger charge is 2.36. The number of benzene rings is 2. The quantitative estimate of drug-likeness (QED) is 0.580. The van der Waals surface area contributed by atoms with E-state index >= 15 is 0 Å². The first kappa shape index (κ1) is 23.0. The number of carbonyl (C=O) groups is 3. The zero-order valence-corrected chi connectivity index (χ0v) is 19.1.